The number of hydrogen-bond donors (Lipinski definition) is 1. The molecule has 0 saturated carbocycles. The molecule has 0 unspecified atom stereocenters. The molecule has 4 rings (SSSR count). The first-order chi connectivity index (χ1) is 18.7. The Morgan fingerprint density at radius 3 is 2.77 bits per heavy atom. The Bertz CT molecular complexity index is 1350. The van der Waals surface area contributed by atoms with Crippen LogP contribution in [-0.2, 0) is 17.4 Å². The van der Waals surface area contributed by atoms with Crippen LogP contribution in [0.25, 0.3) is 10.9 Å². The van der Waals surface area contributed by atoms with E-state index in [4.69, 9.17) is 4.74 Å². The number of pyridine rings is 1. The summed E-state index contributed by atoms with van der Waals surface area (Å²) in [6.07, 6.45) is 2.00. The van der Waals surface area contributed by atoms with Crippen molar-refractivity contribution in [1.29, 1.82) is 0 Å². The zero-order chi connectivity index (χ0) is 27.8. The minimum atomic E-state index is -4.39. The molecule has 1 saturated heterocycles. The maximum Gasteiger partial charge on any atom is 0.416 e. The molecule has 1 aliphatic rings. The molecule has 0 aliphatic carbocycles. The summed E-state index contributed by atoms with van der Waals surface area (Å²) in [5.41, 5.74) is 1.79. The van der Waals surface area contributed by atoms with Gasteiger partial charge in [0.05, 0.1) is 24.7 Å². The smallest absolute Gasteiger partial charge is 0.416 e. The van der Waals surface area contributed by atoms with E-state index < -0.39 is 17.7 Å². The summed E-state index contributed by atoms with van der Waals surface area (Å²) < 4.78 is 44.3. The van der Waals surface area contributed by atoms with Crippen LogP contribution >= 0.6 is 0 Å². The number of alkyl halides is 3. The Balaban J connectivity index is 1.36. The second kappa shape index (κ2) is 13.0. The normalized spacial score (nSPS) is 17.9. The number of aromatic nitrogens is 1. The van der Waals surface area contributed by atoms with Crippen molar-refractivity contribution in [3.63, 3.8) is 0 Å². The van der Waals surface area contributed by atoms with Crippen LogP contribution in [0.15, 0.2) is 54.7 Å². The minimum Gasteiger partial charge on any atom is -0.497 e. The number of carboxylic acid groups (broad SMARTS) is 1. The fraction of sp³-hybridized carbons (Fsp3) is 0.419. The van der Waals surface area contributed by atoms with Crippen LogP contribution in [0.4, 0.5) is 13.2 Å². The maximum absolute atomic E-state index is 13.0. The molecule has 2 heterocycles. The number of carboxylic acids is 1. The summed E-state index contributed by atoms with van der Waals surface area (Å²) in [6, 6.07) is 13.0. The van der Waals surface area contributed by atoms with Crippen LogP contribution in [0.1, 0.15) is 48.8 Å². The molecule has 5 nitrogen and oxygen atoms in total. The Morgan fingerprint density at radius 2 is 2.00 bits per heavy atom. The van der Waals surface area contributed by atoms with Crippen molar-refractivity contribution in [3.05, 3.63) is 71.4 Å². The van der Waals surface area contributed by atoms with Crippen molar-refractivity contribution in [1.82, 2.24) is 9.88 Å². The van der Waals surface area contributed by atoms with Crippen molar-refractivity contribution < 1.29 is 27.8 Å². The van der Waals surface area contributed by atoms with Gasteiger partial charge in [0.25, 0.3) is 0 Å². The van der Waals surface area contributed by atoms with E-state index in [0.717, 1.165) is 67.6 Å². The highest BCUT2D eigenvalue weighted by Crippen LogP contribution is 2.32. The van der Waals surface area contributed by atoms with Crippen LogP contribution in [0.5, 0.6) is 5.75 Å². The van der Waals surface area contributed by atoms with E-state index in [2.05, 4.69) is 27.8 Å². The summed E-state index contributed by atoms with van der Waals surface area (Å²) in [6.45, 7) is 2.02. The third kappa shape index (κ3) is 7.96. The summed E-state index contributed by atoms with van der Waals surface area (Å²) in [7, 11) is 1.65. The van der Waals surface area contributed by atoms with E-state index in [0.29, 0.717) is 24.4 Å². The number of carbonyl (C=O) groups is 1. The lowest BCUT2D eigenvalue weighted by Gasteiger charge is -2.38. The Morgan fingerprint density at radius 1 is 1.15 bits per heavy atom. The zero-order valence-electron chi connectivity index (χ0n) is 22.0. The van der Waals surface area contributed by atoms with Crippen LogP contribution in [-0.4, -0.2) is 47.7 Å². The van der Waals surface area contributed by atoms with Crippen molar-refractivity contribution >= 4 is 16.9 Å². The van der Waals surface area contributed by atoms with Crippen molar-refractivity contribution in [3.8, 4) is 17.6 Å². The first-order valence-corrected chi connectivity index (χ1v) is 13.2. The van der Waals surface area contributed by atoms with Crippen LogP contribution in [0.3, 0.4) is 0 Å². The quantitative estimate of drug-likeness (QED) is 0.318. The van der Waals surface area contributed by atoms with Gasteiger partial charge in [0.1, 0.15) is 5.75 Å². The Labute approximate surface area is 227 Å². The van der Waals surface area contributed by atoms with Crippen molar-refractivity contribution in [2.75, 3.05) is 26.7 Å². The highest BCUT2D eigenvalue weighted by Gasteiger charge is 2.30. The largest absolute Gasteiger partial charge is 0.497 e. The van der Waals surface area contributed by atoms with Gasteiger partial charge in [-0.3, -0.25) is 14.7 Å². The number of likely N-dealkylation sites (tertiary alicyclic amines) is 1. The molecule has 1 aliphatic heterocycles. The van der Waals surface area contributed by atoms with Gasteiger partial charge in [0.2, 0.25) is 0 Å². The summed E-state index contributed by atoms with van der Waals surface area (Å²) in [5, 5.41) is 10.4. The molecule has 0 bridgehead atoms. The lowest BCUT2D eigenvalue weighted by Crippen LogP contribution is -2.41. The van der Waals surface area contributed by atoms with Gasteiger partial charge in [-0.15, -0.1) is 0 Å². The summed E-state index contributed by atoms with van der Waals surface area (Å²) in [5.74, 6) is 6.53. The summed E-state index contributed by atoms with van der Waals surface area (Å²) in [4.78, 5) is 17.9. The SMILES string of the molecule is COc1ccc2nccc(CCC[C@@H]3CCN(CC#Cc4cccc(C(F)(F)F)c4)C[C@@H]3CCC(=O)O)c2c1. The van der Waals surface area contributed by atoms with Crippen LogP contribution < -0.4 is 4.74 Å². The van der Waals surface area contributed by atoms with E-state index in [1.807, 2.05) is 24.4 Å². The molecule has 3 aromatic rings. The number of rotatable bonds is 9. The predicted molar refractivity (Wildman–Crippen MR) is 144 cm³/mol. The monoisotopic (exact) mass is 538 g/mol. The topological polar surface area (TPSA) is 62.7 Å². The molecule has 39 heavy (non-hydrogen) atoms. The van der Waals surface area contributed by atoms with Gasteiger partial charge in [-0.05, 0) is 98.5 Å². The van der Waals surface area contributed by atoms with Gasteiger partial charge >= 0.3 is 12.1 Å². The molecular weight excluding hydrogens is 505 g/mol. The number of halogens is 3. The molecule has 1 fully saturated rings. The lowest BCUT2D eigenvalue weighted by molar-refractivity contribution is -0.138. The zero-order valence-corrected chi connectivity index (χ0v) is 22.0. The standard InChI is InChI=1S/C31H33F3N2O3/c1-39-27-11-12-29-28(20-27)24(14-16-35-29)8-3-7-23-15-18-36(21-25(23)10-13-30(37)38)17-4-6-22-5-2-9-26(19-22)31(32,33)34/h2,5,9,11-12,14,16,19-20,23,25H,3,7-8,10,13,15,17-18,21H2,1H3,(H,37,38)/t23-,25+/m1/s1. The molecule has 1 N–H and O–H groups in total. The second-order valence-electron chi connectivity index (χ2n) is 10.1. The third-order valence-corrected chi connectivity index (χ3v) is 7.49. The van der Waals surface area contributed by atoms with Crippen LogP contribution in [0.2, 0.25) is 0 Å². The average molecular weight is 539 g/mol. The number of piperidine rings is 1. The molecule has 2 atom stereocenters. The van der Waals surface area contributed by atoms with Gasteiger partial charge in [0, 0.05) is 30.1 Å². The number of benzene rings is 2. The number of nitrogens with zero attached hydrogens (tertiary/aromatic N) is 2. The first kappa shape index (κ1) is 28.4. The van der Waals surface area contributed by atoms with Gasteiger partial charge in [-0.1, -0.05) is 17.9 Å². The number of aliphatic carboxylic acids is 1. The van der Waals surface area contributed by atoms with Gasteiger partial charge in [-0.25, -0.2) is 0 Å². The fourth-order valence-corrected chi connectivity index (χ4v) is 5.42. The number of methoxy groups -OCH3 is 1. The molecular formula is C31H33F3N2O3. The lowest BCUT2D eigenvalue weighted by atomic mass is 9.79. The second-order valence-corrected chi connectivity index (χ2v) is 10.1. The minimum absolute atomic E-state index is 0.125. The predicted octanol–water partition coefficient (Wildman–Crippen LogP) is 6.44. The molecule has 8 heteroatoms. The van der Waals surface area contributed by atoms with Crippen molar-refractivity contribution in [2.24, 2.45) is 11.8 Å². The first-order valence-electron chi connectivity index (χ1n) is 13.2. The molecule has 0 spiro atoms. The Kier molecular flexibility index (Phi) is 9.47. The number of hydrogen-bond acceptors (Lipinski definition) is 4. The van der Waals surface area contributed by atoms with Gasteiger partial charge in [-0.2, -0.15) is 13.2 Å². The molecule has 206 valence electrons. The van der Waals surface area contributed by atoms with Gasteiger partial charge < -0.3 is 9.84 Å². The molecule has 2 aromatic carbocycles. The molecule has 0 amide bonds. The van der Waals surface area contributed by atoms with E-state index in [1.165, 1.54) is 11.6 Å². The molecule has 0 radical (unpaired) electrons. The van der Waals surface area contributed by atoms with E-state index in [9.17, 15) is 23.1 Å². The fourth-order valence-electron chi connectivity index (χ4n) is 5.42. The van der Waals surface area contributed by atoms with Crippen LogP contribution in [0, 0.1) is 23.7 Å². The van der Waals surface area contributed by atoms with E-state index >= 15 is 0 Å². The molecule has 1 aromatic heterocycles. The highest BCUT2D eigenvalue weighted by atomic mass is 19.4. The summed E-state index contributed by atoms with van der Waals surface area (Å²) >= 11 is 0. The van der Waals surface area contributed by atoms with Gasteiger partial charge in [0.15, 0.2) is 0 Å². The maximum atomic E-state index is 13.0. The van der Waals surface area contributed by atoms with E-state index in [-0.39, 0.29) is 12.3 Å². The van der Waals surface area contributed by atoms with E-state index in [1.54, 1.807) is 13.2 Å². The highest BCUT2D eigenvalue weighted by molar-refractivity contribution is 5.83. The average Bonchev–Trinajstić information content (AvgIpc) is 2.92. The Hall–Kier alpha value is -3.57. The third-order valence-electron chi connectivity index (χ3n) is 7.49. The van der Waals surface area contributed by atoms with Crippen molar-refractivity contribution in [2.45, 2.75) is 44.7 Å². The number of ether oxygens (including phenoxy) is 1. The number of aryl methyl sites for hydroxylation is 1. The number of fused-ring (bicyclic) bond motifs is 1.